The van der Waals surface area contributed by atoms with Gasteiger partial charge < -0.3 is 10.4 Å². The summed E-state index contributed by atoms with van der Waals surface area (Å²) >= 11 is 0. The number of amides is 1. The molecule has 1 heterocycles. The van der Waals surface area contributed by atoms with Crippen LogP contribution in [0.25, 0.3) is 0 Å². The molecule has 0 aromatic heterocycles. The predicted molar refractivity (Wildman–Crippen MR) is 56.1 cm³/mol. The maximum absolute atomic E-state index is 11.4. The number of carbonyl (C=O) groups excluding carboxylic acids is 1. The summed E-state index contributed by atoms with van der Waals surface area (Å²) in [4.78, 5) is 11.4. The largest absolute Gasteiger partial charge is 0.381 e. The number of nitrogens with one attached hydrogen (secondary N) is 1. The van der Waals surface area contributed by atoms with Gasteiger partial charge in [0.1, 0.15) is 5.60 Å². The van der Waals surface area contributed by atoms with Crippen LogP contribution in [-0.2, 0) is 14.6 Å². The van der Waals surface area contributed by atoms with Gasteiger partial charge in [-0.3, -0.25) is 4.79 Å². The third kappa shape index (κ3) is 3.79. The average molecular weight is 235 g/mol. The van der Waals surface area contributed by atoms with E-state index in [-0.39, 0.29) is 17.5 Å². The molecule has 1 atom stereocenters. The van der Waals surface area contributed by atoms with Gasteiger partial charge in [0.2, 0.25) is 0 Å². The first-order valence-corrected chi connectivity index (χ1v) is 6.76. The summed E-state index contributed by atoms with van der Waals surface area (Å²) in [5.74, 6) is -0.346. The minimum Gasteiger partial charge on any atom is -0.381 e. The fourth-order valence-corrected chi connectivity index (χ4v) is 3.13. The molecule has 1 aliphatic rings. The molecule has 2 N–H and O–H groups in total. The number of aliphatic hydroxyl groups is 1. The number of hydrogen-bond donors (Lipinski definition) is 2. The second-order valence-corrected chi connectivity index (χ2v) is 6.71. The van der Waals surface area contributed by atoms with Crippen molar-refractivity contribution in [2.75, 3.05) is 11.5 Å². The molecule has 88 valence electrons. The van der Waals surface area contributed by atoms with Gasteiger partial charge in [-0.15, -0.1) is 0 Å². The number of carbonyl (C=O) groups is 1. The van der Waals surface area contributed by atoms with Crippen molar-refractivity contribution < 1.29 is 18.3 Å². The summed E-state index contributed by atoms with van der Waals surface area (Å²) in [6, 6.07) is -0.359. The van der Waals surface area contributed by atoms with E-state index in [0.29, 0.717) is 12.8 Å². The standard InChI is InChI=1S/C9H17NO4S/c1-9(2,12)8(11)10-7-4-3-5-15(13,14)6-7/h7,12H,3-6H2,1-2H3,(H,10,11). The van der Waals surface area contributed by atoms with E-state index in [1.54, 1.807) is 0 Å². The zero-order valence-corrected chi connectivity index (χ0v) is 9.80. The number of sulfone groups is 1. The van der Waals surface area contributed by atoms with Gasteiger partial charge in [0.15, 0.2) is 9.84 Å². The van der Waals surface area contributed by atoms with Crippen LogP contribution in [0.5, 0.6) is 0 Å². The lowest BCUT2D eigenvalue weighted by molar-refractivity contribution is -0.137. The monoisotopic (exact) mass is 235 g/mol. The van der Waals surface area contributed by atoms with Crippen LogP contribution < -0.4 is 5.32 Å². The summed E-state index contributed by atoms with van der Waals surface area (Å²) in [5.41, 5.74) is -1.46. The van der Waals surface area contributed by atoms with Crippen LogP contribution in [0.3, 0.4) is 0 Å². The normalized spacial score (nSPS) is 25.9. The zero-order valence-electron chi connectivity index (χ0n) is 8.99. The fourth-order valence-electron chi connectivity index (χ4n) is 1.50. The van der Waals surface area contributed by atoms with Crippen LogP contribution in [0.4, 0.5) is 0 Å². The quantitative estimate of drug-likeness (QED) is 0.672. The van der Waals surface area contributed by atoms with Crippen LogP contribution in [0.2, 0.25) is 0 Å². The van der Waals surface area contributed by atoms with Crippen LogP contribution in [-0.4, -0.2) is 42.6 Å². The number of rotatable bonds is 2. The van der Waals surface area contributed by atoms with Gasteiger partial charge in [-0.05, 0) is 26.7 Å². The lowest BCUT2D eigenvalue weighted by atomic mass is 10.1. The van der Waals surface area contributed by atoms with Crippen molar-refractivity contribution in [3.05, 3.63) is 0 Å². The minimum absolute atomic E-state index is 0.0190. The van der Waals surface area contributed by atoms with Crippen molar-refractivity contribution >= 4 is 15.7 Å². The van der Waals surface area contributed by atoms with Crippen molar-refractivity contribution in [3.63, 3.8) is 0 Å². The van der Waals surface area contributed by atoms with E-state index in [9.17, 15) is 18.3 Å². The SMILES string of the molecule is CC(C)(O)C(=O)NC1CCCS(=O)(=O)C1. The first kappa shape index (κ1) is 12.4. The Balaban J connectivity index is 2.57. The maximum atomic E-state index is 11.4. The molecule has 1 amide bonds. The zero-order chi connectivity index (χ0) is 11.7. The molecule has 1 rings (SSSR count). The van der Waals surface area contributed by atoms with Crippen molar-refractivity contribution in [2.24, 2.45) is 0 Å². The molecule has 0 aliphatic carbocycles. The predicted octanol–water partition coefficient (Wildman–Crippen LogP) is -0.549. The molecule has 0 saturated carbocycles. The lowest BCUT2D eigenvalue weighted by Gasteiger charge is -2.26. The fraction of sp³-hybridized carbons (Fsp3) is 0.889. The van der Waals surface area contributed by atoms with Gasteiger partial charge in [-0.25, -0.2) is 8.42 Å². The van der Waals surface area contributed by atoms with E-state index >= 15 is 0 Å². The molecule has 0 spiro atoms. The summed E-state index contributed by atoms with van der Waals surface area (Å²) < 4.78 is 22.6. The highest BCUT2D eigenvalue weighted by Gasteiger charge is 2.30. The molecule has 1 unspecified atom stereocenters. The third-order valence-electron chi connectivity index (χ3n) is 2.35. The molecule has 0 aromatic rings. The van der Waals surface area contributed by atoms with Gasteiger partial charge in [-0.1, -0.05) is 0 Å². The summed E-state index contributed by atoms with van der Waals surface area (Å²) in [6.07, 6.45) is 1.22. The average Bonchev–Trinajstić information content (AvgIpc) is 2.00. The van der Waals surface area contributed by atoms with E-state index in [0.717, 1.165) is 0 Å². The first-order valence-electron chi connectivity index (χ1n) is 4.94. The van der Waals surface area contributed by atoms with E-state index in [1.807, 2.05) is 0 Å². The van der Waals surface area contributed by atoms with Crippen molar-refractivity contribution in [3.8, 4) is 0 Å². The molecule has 1 fully saturated rings. The van der Waals surface area contributed by atoms with Crippen LogP contribution in [0.15, 0.2) is 0 Å². The second-order valence-electron chi connectivity index (χ2n) is 4.49. The molecule has 1 aliphatic heterocycles. The summed E-state index contributed by atoms with van der Waals surface area (Å²) in [7, 11) is -3.02. The maximum Gasteiger partial charge on any atom is 0.251 e. The van der Waals surface area contributed by atoms with Crippen LogP contribution >= 0.6 is 0 Å². The van der Waals surface area contributed by atoms with Gasteiger partial charge in [0.25, 0.3) is 5.91 Å². The van der Waals surface area contributed by atoms with E-state index in [1.165, 1.54) is 13.8 Å². The Hall–Kier alpha value is -0.620. The van der Waals surface area contributed by atoms with Gasteiger partial charge in [-0.2, -0.15) is 0 Å². The Morgan fingerprint density at radius 3 is 2.53 bits per heavy atom. The topological polar surface area (TPSA) is 83.5 Å². The highest BCUT2D eigenvalue weighted by Crippen LogP contribution is 2.13. The van der Waals surface area contributed by atoms with E-state index in [2.05, 4.69) is 5.32 Å². The summed E-state index contributed by atoms with van der Waals surface area (Å²) in [6.45, 7) is 2.75. The smallest absolute Gasteiger partial charge is 0.251 e. The number of hydrogen-bond acceptors (Lipinski definition) is 4. The van der Waals surface area contributed by atoms with Crippen molar-refractivity contribution in [1.82, 2.24) is 5.32 Å². The highest BCUT2D eigenvalue weighted by molar-refractivity contribution is 7.91. The molecule has 5 nitrogen and oxygen atoms in total. The highest BCUT2D eigenvalue weighted by atomic mass is 32.2. The van der Waals surface area contributed by atoms with Crippen LogP contribution in [0.1, 0.15) is 26.7 Å². The van der Waals surface area contributed by atoms with Gasteiger partial charge in [0.05, 0.1) is 11.5 Å². The van der Waals surface area contributed by atoms with Crippen molar-refractivity contribution in [2.45, 2.75) is 38.3 Å². The van der Waals surface area contributed by atoms with E-state index < -0.39 is 21.3 Å². The van der Waals surface area contributed by atoms with Gasteiger partial charge in [0, 0.05) is 6.04 Å². The third-order valence-corrected chi connectivity index (χ3v) is 4.17. The molecule has 0 radical (unpaired) electrons. The Bertz CT molecular complexity index is 342. The molecule has 1 saturated heterocycles. The first-order chi connectivity index (χ1) is 6.71. The van der Waals surface area contributed by atoms with Crippen molar-refractivity contribution in [1.29, 1.82) is 0 Å². The summed E-state index contributed by atoms with van der Waals surface area (Å²) in [5, 5.41) is 11.9. The molecule has 15 heavy (non-hydrogen) atoms. The molecular weight excluding hydrogens is 218 g/mol. The molecule has 0 bridgehead atoms. The van der Waals surface area contributed by atoms with E-state index in [4.69, 9.17) is 0 Å². The Kier molecular flexibility index (Phi) is 3.40. The molecular formula is C9H17NO4S. The Morgan fingerprint density at radius 2 is 2.07 bits per heavy atom. The second kappa shape index (κ2) is 4.09. The van der Waals surface area contributed by atoms with Crippen LogP contribution in [0, 0.1) is 0 Å². The molecule has 6 heteroatoms. The Morgan fingerprint density at radius 1 is 1.47 bits per heavy atom. The molecule has 0 aromatic carbocycles. The Labute approximate surface area is 89.8 Å². The minimum atomic E-state index is -3.02. The van der Waals surface area contributed by atoms with Gasteiger partial charge >= 0.3 is 0 Å². The lowest BCUT2D eigenvalue weighted by Crippen LogP contribution is -2.50.